The summed E-state index contributed by atoms with van der Waals surface area (Å²) in [6.07, 6.45) is 0.624. The van der Waals surface area contributed by atoms with Crippen LogP contribution in [0.15, 0.2) is 59.5 Å². The number of pyridine rings is 1. The van der Waals surface area contributed by atoms with Crippen molar-refractivity contribution < 1.29 is 18.7 Å². The van der Waals surface area contributed by atoms with E-state index in [4.69, 9.17) is 9.15 Å². The third-order valence-corrected chi connectivity index (χ3v) is 4.00. The van der Waals surface area contributed by atoms with Crippen LogP contribution in [-0.2, 0) is 9.53 Å². The molecule has 3 aromatic rings. The van der Waals surface area contributed by atoms with E-state index in [1.807, 2.05) is 31.2 Å². The quantitative estimate of drug-likeness (QED) is 0.533. The predicted octanol–water partition coefficient (Wildman–Crippen LogP) is 3.65. The highest BCUT2D eigenvalue weighted by Gasteiger charge is 2.21. The number of nitrogens with zero attached hydrogens (tertiary/aromatic N) is 1. The second-order valence-electron chi connectivity index (χ2n) is 6.06. The van der Waals surface area contributed by atoms with Crippen molar-refractivity contribution in [3.8, 4) is 11.5 Å². The Kier molecular flexibility index (Phi) is 5.35. The predicted molar refractivity (Wildman–Crippen MR) is 102 cm³/mol. The van der Waals surface area contributed by atoms with Gasteiger partial charge in [-0.25, -0.2) is 9.78 Å². The topological polar surface area (TPSA) is 81.4 Å². The smallest absolute Gasteiger partial charge is 0.339 e. The summed E-state index contributed by atoms with van der Waals surface area (Å²) in [4.78, 5) is 29.3. The molecule has 0 aliphatic rings. The number of nitrogens with one attached hydrogen (secondary N) is 1. The summed E-state index contributed by atoms with van der Waals surface area (Å²) in [6.45, 7) is 7.20. The normalized spacial score (nSPS) is 11.8. The molecule has 0 fully saturated rings. The molecule has 138 valence electrons. The SMILES string of the molecule is C=CCNC(=O)[C@@H](C)OC(=O)c1cc(-c2ccc(C)o2)nc2ccccc12. The minimum atomic E-state index is -0.932. The molecule has 3 rings (SSSR count). The van der Waals surface area contributed by atoms with Crippen LogP contribution in [0.1, 0.15) is 23.0 Å². The van der Waals surface area contributed by atoms with Gasteiger partial charge in [0.2, 0.25) is 0 Å². The number of esters is 1. The van der Waals surface area contributed by atoms with Gasteiger partial charge in [0.25, 0.3) is 5.91 Å². The molecule has 0 bridgehead atoms. The van der Waals surface area contributed by atoms with Gasteiger partial charge in [0.05, 0.1) is 11.1 Å². The molecule has 1 aromatic carbocycles. The van der Waals surface area contributed by atoms with E-state index in [0.717, 1.165) is 5.76 Å². The molecular formula is C21H20N2O4. The van der Waals surface area contributed by atoms with Crippen molar-refractivity contribution in [2.75, 3.05) is 6.54 Å². The van der Waals surface area contributed by atoms with Gasteiger partial charge >= 0.3 is 5.97 Å². The maximum atomic E-state index is 12.8. The standard InChI is InChI=1S/C21H20N2O4/c1-4-11-22-20(24)14(3)27-21(25)16-12-18(19-10-9-13(2)26-19)23-17-8-6-5-7-15(16)17/h4-10,12,14H,1,11H2,2-3H3,(H,22,24)/t14-/m1/s1. The third kappa shape index (κ3) is 4.06. The first-order valence-corrected chi connectivity index (χ1v) is 8.55. The van der Waals surface area contributed by atoms with Gasteiger partial charge in [-0.3, -0.25) is 4.79 Å². The van der Waals surface area contributed by atoms with Crippen molar-refractivity contribution in [1.82, 2.24) is 10.3 Å². The number of rotatable bonds is 6. The first-order valence-electron chi connectivity index (χ1n) is 8.55. The van der Waals surface area contributed by atoms with Gasteiger partial charge in [-0.1, -0.05) is 24.3 Å². The number of hydrogen-bond acceptors (Lipinski definition) is 5. The van der Waals surface area contributed by atoms with Crippen LogP contribution >= 0.6 is 0 Å². The Balaban J connectivity index is 1.95. The summed E-state index contributed by atoms with van der Waals surface area (Å²) >= 11 is 0. The number of aromatic nitrogens is 1. The summed E-state index contributed by atoms with van der Waals surface area (Å²) in [5.74, 6) is 0.323. The molecule has 6 heteroatoms. The molecule has 0 aliphatic carbocycles. The highest BCUT2D eigenvalue weighted by molar-refractivity contribution is 6.05. The van der Waals surface area contributed by atoms with Crippen LogP contribution in [0, 0.1) is 6.92 Å². The van der Waals surface area contributed by atoms with Crippen molar-refractivity contribution in [3.63, 3.8) is 0 Å². The third-order valence-electron chi connectivity index (χ3n) is 4.00. The van der Waals surface area contributed by atoms with Gasteiger partial charge < -0.3 is 14.5 Å². The number of carbonyl (C=O) groups excluding carboxylic acids is 2. The van der Waals surface area contributed by atoms with E-state index in [2.05, 4.69) is 16.9 Å². The lowest BCUT2D eigenvalue weighted by molar-refractivity contribution is -0.128. The minimum Gasteiger partial charge on any atom is -0.460 e. The average molecular weight is 364 g/mol. The van der Waals surface area contributed by atoms with Crippen molar-refractivity contribution in [2.24, 2.45) is 0 Å². The molecule has 27 heavy (non-hydrogen) atoms. The molecule has 0 saturated carbocycles. The van der Waals surface area contributed by atoms with Gasteiger partial charge in [0.1, 0.15) is 11.5 Å². The van der Waals surface area contributed by atoms with Crippen LogP contribution < -0.4 is 5.32 Å². The number of hydrogen-bond donors (Lipinski definition) is 1. The molecule has 2 heterocycles. The summed E-state index contributed by atoms with van der Waals surface area (Å²) in [5.41, 5.74) is 1.49. The van der Waals surface area contributed by atoms with Gasteiger partial charge in [-0.15, -0.1) is 6.58 Å². The maximum absolute atomic E-state index is 12.8. The van der Waals surface area contributed by atoms with Crippen LogP contribution in [0.25, 0.3) is 22.4 Å². The van der Waals surface area contributed by atoms with E-state index in [0.29, 0.717) is 34.5 Å². The second kappa shape index (κ2) is 7.86. The van der Waals surface area contributed by atoms with E-state index in [9.17, 15) is 9.59 Å². The highest BCUT2D eigenvalue weighted by atomic mass is 16.5. The fraction of sp³-hybridized carbons (Fsp3) is 0.190. The van der Waals surface area contributed by atoms with Crippen LogP contribution in [0.5, 0.6) is 0 Å². The lowest BCUT2D eigenvalue weighted by atomic mass is 10.1. The molecule has 0 saturated heterocycles. The molecule has 0 radical (unpaired) electrons. The van der Waals surface area contributed by atoms with Gasteiger partial charge in [0.15, 0.2) is 11.9 Å². The number of carbonyl (C=O) groups is 2. The largest absolute Gasteiger partial charge is 0.460 e. The number of fused-ring (bicyclic) bond motifs is 1. The molecule has 1 N–H and O–H groups in total. The molecule has 2 aromatic heterocycles. The van der Waals surface area contributed by atoms with Gasteiger partial charge in [-0.05, 0) is 38.1 Å². The summed E-state index contributed by atoms with van der Waals surface area (Å²) in [7, 11) is 0. The van der Waals surface area contributed by atoms with Crippen molar-refractivity contribution >= 4 is 22.8 Å². The van der Waals surface area contributed by atoms with E-state index in [-0.39, 0.29) is 5.91 Å². The number of ether oxygens (including phenoxy) is 1. The Labute approximate surface area is 156 Å². The first-order chi connectivity index (χ1) is 13.0. The Bertz CT molecular complexity index is 1010. The Morgan fingerprint density at radius 3 is 2.78 bits per heavy atom. The van der Waals surface area contributed by atoms with Crippen molar-refractivity contribution in [3.05, 3.63) is 66.4 Å². The van der Waals surface area contributed by atoms with E-state index < -0.39 is 12.1 Å². The summed E-state index contributed by atoms with van der Waals surface area (Å²) in [5, 5.41) is 3.25. The summed E-state index contributed by atoms with van der Waals surface area (Å²) < 4.78 is 11.0. The van der Waals surface area contributed by atoms with Crippen molar-refractivity contribution in [2.45, 2.75) is 20.0 Å². The highest BCUT2D eigenvalue weighted by Crippen LogP contribution is 2.27. The van der Waals surface area contributed by atoms with Crippen LogP contribution in [-0.4, -0.2) is 29.5 Å². The molecule has 6 nitrogen and oxygen atoms in total. The lowest BCUT2D eigenvalue weighted by Crippen LogP contribution is -2.35. The Morgan fingerprint density at radius 1 is 1.30 bits per heavy atom. The number of aryl methyl sites for hydroxylation is 1. The van der Waals surface area contributed by atoms with Gasteiger partial charge in [-0.2, -0.15) is 0 Å². The fourth-order valence-electron chi connectivity index (χ4n) is 2.64. The van der Waals surface area contributed by atoms with E-state index in [1.54, 1.807) is 24.3 Å². The van der Waals surface area contributed by atoms with Crippen LogP contribution in [0.3, 0.4) is 0 Å². The van der Waals surface area contributed by atoms with Crippen molar-refractivity contribution in [1.29, 1.82) is 0 Å². The average Bonchev–Trinajstić information content (AvgIpc) is 3.11. The minimum absolute atomic E-state index is 0.306. The number of amides is 1. The van der Waals surface area contributed by atoms with Gasteiger partial charge in [0, 0.05) is 11.9 Å². The Hall–Kier alpha value is -3.41. The number of para-hydroxylation sites is 1. The second-order valence-corrected chi connectivity index (χ2v) is 6.06. The lowest BCUT2D eigenvalue weighted by Gasteiger charge is -2.14. The first kappa shape index (κ1) is 18.4. The number of furan rings is 1. The molecule has 0 aliphatic heterocycles. The molecule has 0 unspecified atom stereocenters. The maximum Gasteiger partial charge on any atom is 0.339 e. The summed E-state index contributed by atoms with van der Waals surface area (Å²) in [6, 6.07) is 12.5. The molecule has 1 amide bonds. The zero-order valence-electron chi connectivity index (χ0n) is 15.2. The van der Waals surface area contributed by atoms with Crippen LogP contribution in [0.2, 0.25) is 0 Å². The Morgan fingerprint density at radius 2 is 2.07 bits per heavy atom. The molecular weight excluding hydrogens is 344 g/mol. The van der Waals surface area contributed by atoms with E-state index >= 15 is 0 Å². The fourth-order valence-corrected chi connectivity index (χ4v) is 2.64. The molecule has 1 atom stereocenters. The zero-order valence-corrected chi connectivity index (χ0v) is 15.2. The number of benzene rings is 1. The zero-order chi connectivity index (χ0) is 19.4. The molecule has 0 spiro atoms. The monoisotopic (exact) mass is 364 g/mol. The van der Waals surface area contributed by atoms with E-state index in [1.165, 1.54) is 6.92 Å². The van der Waals surface area contributed by atoms with Crippen LogP contribution in [0.4, 0.5) is 0 Å².